The van der Waals surface area contributed by atoms with Crippen LogP contribution in [-0.4, -0.2) is 54.4 Å². The molecule has 1 rings (SSSR count). The molecule has 2 unspecified atom stereocenters. The number of carbonyl (C=O) groups excluding carboxylic acids is 1. The van der Waals surface area contributed by atoms with E-state index in [9.17, 15) is 9.59 Å². The molecule has 0 spiro atoms. The summed E-state index contributed by atoms with van der Waals surface area (Å²) in [7, 11) is 0. The molecule has 2 atom stereocenters. The molecule has 18 heavy (non-hydrogen) atoms. The van der Waals surface area contributed by atoms with Crippen molar-refractivity contribution in [2.24, 2.45) is 5.92 Å². The van der Waals surface area contributed by atoms with Gasteiger partial charge in [0.2, 0.25) is 0 Å². The largest absolute Gasteiger partial charge is 0.480 e. The fourth-order valence-corrected chi connectivity index (χ4v) is 1.91. The van der Waals surface area contributed by atoms with E-state index in [1.807, 2.05) is 6.92 Å². The second kappa shape index (κ2) is 7.00. The van der Waals surface area contributed by atoms with Crippen molar-refractivity contribution >= 4 is 12.0 Å². The Labute approximate surface area is 107 Å². The molecule has 0 aromatic heterocycles. The lowest BCUT2D eigenvalue weighted by Gasteiger charge is -2.21. The van der Waals surface area contributed by atoms with Gasteiger partial charge in [0.1, 0.15) is 6.54 Å². The quantitative estimate of drug-likeness (QED) is 0.685. The molecule has 1 saturated heterocycles. The van der Waals surface area contributed by atoms with Gasteiger partial charge in [-0.05, 0) is 13.3 Å². The van der Waals surface area contributed by atoms with Crippen LogP contribution in [0.2, 0.25) is 0 Å². The Balaban J connectivity index is 2.40. The van der Waals surface area contributed by atoms with Crippen molar-refractivity contribution in [2.75, 3.05) is 26.2 Å². The zero-order valence-corrected chi connectivity index (χ0v) is 10.6. The molecule has 0 radical (unpaired) electrons. The summed E-state index contributed by atoms with van der Waals surface area (Å²) in [6.45, 7) is 6.59. The van der Waals surface area contributed by atoms with Crippen molar-refractivity contribution in [3.63, 3.8) is 0 Å². The molecular formula is C12H20N2O4. The lowest BCUT2D eigenvalue weighted by molar-refractivity contribution is -0.137. The van der Waals surface area contributed by atoms with E-state index in [1.54, 1.807) is 0 Å². The van der Waals surface area contributed by atoms with Gasteiger partial charge in [-0.1, -0.05) is 6.08 Å². The van der Waals surface area contributed by atoms with Gasteiger partial charge in [0.05, 0.1) is 6.10 Å². The Morgan fingerprint density at radius 1 is 1.61 bits per heavy atom. The minimum absolute atomic E-state index is 0.137. The van der Waals surface area contributed by atoms with E-state index in [-0.39, 0.29) is 25.2 Å². The van der Waals surface area contributed by atoms with Crippen LogP contribution in [0.3, 0.4) is 0 Å². The normalized spacial score (nSPS) is 22.5. The Hall–Kier alpha value is -1.56. The lowest BCUT2D eigenvalue weighted by atomic mass is 10.0. The highest BCUT2D eigenvalue weighted by Gasteiger charge is 2.25. The first-order valence-electron chi connectivity index (χ1n) is 6.01. The number of hydrogen-bond donors (Lipinski definition) is 2. The number of hydrogen-bond acceptors (Lipinski definition) is 3. The Morgan fingerprint density at radius 3 is 2.83 bits per heavy atom. The van der Waals surface area contributed by atoms with Crippen LogP contribution in [0.4, 0.5) is 4.79 Å². The van der Waals surface area contributed by atoms with Crippen LogP contribution in [0.15, 0.2) is 12.7 Å². The molecule has 6 heteroatoms. The summed E-state index contributed by atoms with van der Waals surface area (Å²) in [4.78, 5) is 23.6. The molecule has 2 N–H and O–H groups in total. The Morgan fingerprint density at radius 2 is 2.33 bits per heavy atom. The highest BCUT2D eigenvalue weighted by Crippen LogP contribution is 2.19. The molecule has 1 fully saturated rings. The van der Waals surface area contributed by atoms with Gasteiger partial charge in [-0.15, -0.1) is 6.58 Å². The van der Waals surface area contributed by atoms with Crippen LogP contribution in [-0.2, 0) is 9.53 Å². The fraction of sp³-hybridized carbons (Fsp3) is 0.667. The summed E-state index contributed by atoms with van der Waals surface area (Å²) >= 11 is 0. The number of aliphatic carboxylic acids is 1. The Kier molecular flexibility index (Phi) is 5.64. The predicted molar refractivity (Wildman–Crippen MR) is 66.3 cm³/mol. The summed E-state index contributed by atoms with van der Waals surface area (Å²) in [6, 6.07) is -0.378. The van der Waals surface area contributed by atoms with Gasteiger partial charge in [0.25, 0.3) is 0 Å². The number of carboxylic acids is 1. The maximum atomic E-state index is 11.8. The van der Waals surface area contributed by atoms with Crippen molar-refractivity contribution in [1.29, 1.82) is 0 Å². The summed E-state index contributed by atoms with van der Waals surface area (Å²) in [6.07, 6.45) is 2.56. The van der Waals surface area contributed by atoms with Gasteiger partial charge in [-0.25, -0.2) is 4.79 Å². The molecule has 0 aliphatic carbocycles. The minimum atomic E-state index is -1.04. The molecule has 0 aromatic carbocycles. The average Bonchev–Trinajstić information content (AvgIpc) is 2.70. The van der Waals surface area contributed by atoms with Gasteiger partial charge in [-0.3, -0.25) is 4.79 Å². The fourth-order valence-electron chi connectivity index (χ4n) is 1.91. The molecule has 0 aromatic rings. The molecule has 2 amide bonds. The highest BCUT2D eigenvalue weighted by molar-refractivity contribution is 5.80. The molecule has 1 aliphatic heterocycles. The third-order valence-electron chi connectivity index (χ3n) is 3.01. The van der Waals surface area contributed by atoms with Crippen LogP contribution in [0.25, 0.3) is 0 Å². The number of ether oxygens (including phenoxy) is 1. The number of nitrogens with zero attached hydrogens (tertiary/aromatic N) is 1. The maximum Gasteiger partial charge on any atom is 0.323 e. The number of amides is 2. The second-order valence-electron chi connectivity index (χ2n) is 4.37. The third-order valence-corrected chi connectivity index (χ3v) is 3.01. The molecule has 0 saturated carbocycles. The van der Waals surface area contributed by atoms with Gasteiger partial charge in [0, 0.05) is 25.6 Å². The number of urea groups is 1. The number of carbonyl (C=O) groups is 2. The van der Waals surface area contributed by atoms with Gasteiger partial charge < -0.3 is 20.1 Å². The first-order chi connectivity index (χ1) is 8.54. The van der Waals surface area contributed by atoms with E-state index >= 15 is 0 Å². The van der Waals surface area contributed by atoms with E-state index in [0.29, 0.717) is 19.1 Å². The summed E-state index contributed by atoms with van der Waals surface area (Å²) < 4.78 is 5.40. The van der Waals surface area contributed by atoms with Crippen LogP contribution < -0.4 is 5.32 Å². The van der Waals surface area contributed by atoms with Crippen LogP contribution in [0.5, 0.6) is 0 Å². The van der Waals surface area contributed by atoms with Crippen LogP contribution >= 0.6 is 0 Å². The number of nitrogens with one attached hydrogen (secondary N) is 1. The third kappa shape index (κ3) is 4.37. The SMILES string of the molecule is C=CCN(CC(=O)O)C(=O)NCC1CCOC1C. The molecule has 1 aliphatic rings. The molecular weight excluding hydrogens is 236 g/mol. The van der Waals surface area contributed by atoms with Crippen molar-refractivity contribution in [2.45, 2.75) is 19.4 Å². The molecule has 102 valence electrons. The van der Waals surface area contributed by atoms with Crippen LogP contribution in [0, 0.1) is 5.92 Å². The monoisotopic (exact) mass is 256 g/mol. The van der Waals surface area contributed by atoms with Crippen molar-refractivity contribution in [1.82, 2.24) is 10.2 Å². The smallest absolute Gasteiger partial charge is 0.323 e. The molecule has 6 nitrogen and oxygen atoms in total. The standard InChI is InChI=1S/C12H20N2O4/c1-3-5-14(8-11(15)16)12(17)13-7-10-4-6-18-9(10)2/h3,9-10H,1,4-8H2,2H3,(H,13,17)(H,15,16). The van der Waals surface area contributed by atoms with E-state index < -0.39 is 5.97 Å². The predicted octanol–water partition coefficient (Wildman–Crippen LogP) is 0.694. The minimum Gasteiger partial charge on any atom is -0.480 e. The van der Waals surface area contributed by atoms with E-state index in [1.165, 1.54) is 11.0 Å². The average molecular weight is 256 g/mol. The number of carboxylic acid groups (broad SMARTS) is 1. The zero-order chi connectivity index (χ0) is 13.5. The topological polar surface area (TPSA) is 78.9 Å². The van der Waals surface area contributed by atoms with E-state index in [2.05, 4.69) is 11.9 Å². The molecule has 0 bridgehead atoms. The highest BCUT2D eigenvalue weighted by atomic mass is 16.5. The van der Waals surface area contributed by atoms with Gasteiger partial charge in [0.15, 0.2) is 0 Å². The molecule has 1 heterocycles. The van der Waals surface area contributed by atoms with Crippen molar-refractivity contribution < 1.29 is 19.4 Å². The van der Waals surface area contributed by atoms with Gasteiger partial charge in [-0.2, -0.15) is 0 Å². The van der Waals surface area contributed by atoms with Crippen molar-refractivity contribution in [3.8, 4) is 0 Å². The first-order valence-corrected chi connectivity index (χ1v) is 6.01. The zero-order valence-electron chi connectivity index (χ0n) is 10.6. The summed E-state index contributed by atoms with van der Waals surface area (Å²) in [5.74, 6) is -0.742. The Bertz CT molecular complexity index is 319. The lowest BCUT2D eigenvalue weighted by Crippen LogP contribution is -2.44. The first kappa shape index (κ1) is 14.5. The van der Waals surface area contributed by atoms with E-state index in [0.717, 1.165) is 6.42 Å². The maximum absolute atomic E-state index is 11.8. The number of rotatable bonds is 6. The summed E-state index contributed by atoms with van der Waals surface area (Å²) in [5.41, 5.74) is 0. The van der Waals surface area contributed by atoms with E-state index in [4.69, 9.17) is 9.84 Å². The van der Waals surface area contributed by atoms with Crippen molar-refractivity contribution in [3.05, 3.63) is 12.7 Å². The van der Waals surface area contributed by atoms with Crippen LogP contribution in [0.1, 0.15) is 13.3 Å². The second-order valence-corrected chi connectivity index (χ2v) is 4.37. The summed E-state index contributed by atoms with van der Waals surface area (Å²) in [5, 5.41) is 11.4. The van der Waals surface area contributed by atoms with Gasteiger partial charge >= 0.3 is 12.0 Å².